The minimum absolute atomic E-state index is 0.748. The third-order valence-electron chi connectivity index (χ3n) is 6.87. The van der Waals surface area contributed by atoms with Crippen LogP contribution in [-0.2, 0) is 6.42 Å². The van der Waals surface area contributed by atoms with E-state index in [1.807, 2.05) is 0 Å². The van der Waals surface area contributed by atoms with E-state index in [-0.39, 0.29) is 0 Å². The first-order valence-corrected chi connectivity index (χ1v) is 12.5. The zero-order chi connectivity index (χ0) is 20.3. The second-order valence-electron chi connectivity index (χ2n) is 9.16. The first-order valence-electron chi connectivity index (χ1n) is 12.5. The fourth-order valence-corrected chi connectivity index (χ4v) is 5.25. The summed E-state index contributed by atoms with van der Waals surface area (Å²) < 4.78 is 0. The first-order chi connectivity index (χ1) is 14.3. The highest BCUT2D eigenvalue weighted by Gasteiger charge is 2.23. The van der Waals surface area contributed by atoms with E-state index in [2.05, 4.69) is 56.3 Å². The number of rotatable bonds is 14. The van der Waals surface area contributed by atoms with Crippen LogP contribution in [0, 0.1) is 0 Å². The molecule has 0 saturated heterocycles. The van der Waals surface area contributed by atoms with Gasteiger partial charge in [0.15, 0.2) is 0 Å². The van der Waals surface area contributed by atoms with E-state index in [4.69, 9.17) is 0 Å². The molecule has 0 radical (unpaired) electrons. The normalized spacial score (nSPS) is 13.3. The Hall–Kier alpha value is -1.56. The van der Waals surface area contributed by atoms with E-state index < -0.39 is 0 Å². The van der Waals surface area contributed by atoms with Crippen molar-refractivity contribution in [3.63, 3.8) is 0 Å². The van der Waals surface area contributed by atoms with Gasteiger partial charge in [0.25, 0.3) is 0 Å². The summed E-state index contributed by atoms with van der Waals surface area (Å²) in [7, 11) is 0. The van der Waals surface area contributed by atoms with Gasteiger partial charge in [-0.2, -0.15) is 0 Å². The molecule has 1 atom stereocenters. The van der Waals surface area contributed by atoms with E-state index in [0.717, 1.165) is 12.3 Å². The monoisotopic (exact) mass is 390 g/mol. The van der Waals surface area contributed by atoms with Crippen molar-refractivity contribution in [1.82, 2.24) is 0 Å². The molecule has 1 unspecified atom stereocenters. The van der Waals surface area contributed by atoms with Crippen molar-refractivity contribution < 1.29 is 0 Å². The Kier molecular flexibility index (Phi) is 9.32. The Bertz CT molecular complexity index is 727. The van der Waals surface area contributed by atoms with E-state index in [1.54, 1.807) is 11.1 Å². The average Bonchev–Trinajstić information content (AvgIpc) is 3.13. The zero-order valence-electron chi connectivity index (χ0n) is 19.0. The molecular weight excluding hydrogens is 348 g/mol. The van der Waals surface area contributed by atoms with Gasteiger partial charge in [0, 0.05) is 0 Å². The van der Waals surface area contributed by atoms with Crippen molar-refractivity contribution in [2.24, 2.45) is 0 Å². The van der Waals surface area contributed by atoms with Crippen LogP contribution in [0.25, 0.3) is 11.1 Å². The Balaban J connectivity index is 1.48. The topological polar surface area (TPSA) is 0 Å². The smallest absolute Gasteiger partial charge is 0.00106 e. The van der Waals surface area contributed by atoms with Gasteiger partial charge in [0.1, 0.15) is 0 Å². The van der Waals surface area contributed by atoms with Crippen molar-refractivity contribution in [2.45, 2.75) is 110 Å². The Labute approximate surface area is 180 Å². The molecule has 2 aromatic rings. The summed E-state index contributed by atoms with van der Waals surface area (Å²) in [6, 6.07) is 16.1. The van der Waals surface area contributed by atoms with E-state index in [1.165, 1.54) is 100 Å². The fraction of sp³-hybridized carbons (Fsp3) is 0.586. The van der Waals surface area contributed by atoms with Gasteiger partial charge in [-0.3, -0.25) is 0 Å². The van der Waals surface area contributed by atoms with Crippen LogP contribution >= 0.6 is 0 Å². The molecule has 0 heteroatoms. The summed E-state index contributed by atoms with van der Waals surface area (Å²) >= 11 is 0. The summed E-state index contributed by atoms with van der Waals surface area (Å²) in [6.45, 7) is 4.65. The molecule has 3 rings (SSSR count). The van der Waals surface area contributed by atoms with Crippen molar-refractivity contribution in [2.75, 3.05) is 0 Å². The van der Waals surface area contributed by atoms with Gasteiger partial charge in [0.05, 0.1) is 0 Å². The van der Waals surface area contributed by atoms with Crippen LogP contribution in [0.4, 0.5) is 0 Å². The summed E-state index contributed by atoms with van der Waals surface area (Å²) in [6.07, 6.45) is 19.4. The van der Waals surface area contributed by atoms with Gasteiger partial charge in [0.2, 0.25) is 0 Å². The Morgan fingerprint density at radius 2 is 1.28 bits per heavy atom. The molecule has 158 valence electrons. The van der Waals surface area contributed by atoms with Crippen LogP contribution < -0.4 is 0 Å². The highest BCUT2D eigenvalue weighted by molar-refractivity contribution is 5.78. The highest BCUT2D eigenvalue weighted by atomic mass is 14.3. The molecule has 0 aromatic heterocycles. The Morgan fingerprint density at radius 3 is 2.00 bits per heavy atom. The molecule has 1 aliphatic rings. The maximum absolute atomic E-state index is 2.43. The molecule has 0 saturated carbocycles. The molecule has 0 bridgehead atoms. The predicted molar refractivity (Wildman–Crippen MR) is 129 cm³/mol. The third kappa shape index (κ3) is 6.21. The van der Waals surface area contributed by atoms with Crippen LogP contribution in [0.2, 0.25) is 0 Å². The molecule has 0 spiro atoms. The lowest BCUT2D eigenvalue weighted by Crippen LogP contribution is -2.03. The predicted octanol–water partition coefficient (Wildman–Crippen LogP) is 9.45. The van der Waals surface area contributed by atoms with Gasteiger partial charge < -0.3 is 0 Å². The standard InChI is InChI=1S/C29H42/c1-3-5-6-7-8-9-10-11-12-13-18-24(17-4-2)26-21-16-22-28-27-20-15-14-19-25(27)23-29(26)28/h14-16,19-22,24H,3-13,17-18,23H2,1-2H3. The van der Waals surface area contributed by atoms with E-state index in [9.17, 15) is 0 Å². The molecule has 0 amide bonds. The highest BCUT2D eigenvalue weighted by Crippen LogP contribution is 2.42. The quantitative estimate of drug-likeness (QED) is 0.240. The lowest BCUT2D eigenvalue weighted by atomic mass is 9.85. The fourth-order valence-electron chi connectivity index (χ4n) is 5.25. The molecule has 0 nitrogen and oxygen atoms in total. The molecule has 29 heavy (non-hydrogen) atoms. The van der Waals surface area contributed by atoms with Gasteiger partial charge in [-0.05, 0) is 53.0 Å². The number of hydrogen-bond donors (Lipinski definition) is 0. The summed E-state index contributed by atoms with van der Waals surface area (Å²) in [4.78, 5) is 0. The maximum atomic E-state index is 2.43. The van der Waals surface area contributed by atoms with Crippen LogP contribution in [0.1, 0.15) is 120 Å². The van der Waals surface area contributed by atoms with Gasteiger partial charge >= 0.3 is 0 Å². The second-order valence-corrected chi connectivity index (χ2v) is 9.16. The van der Waals surface area contributed by atoms with Gasteiger partial charge in [-0.25, -0.2) is 0 Å². The lowest BCUT2D eigenvalue weighted by Gasteiger charge is -2.20. The van der Waals surface area contributed by atoms with Crippen molar-refractivity contribution >= 4 is 0 Å². The van der Waals surface area contributed by atoms with Crippen LogP contribution in [0.15, 0.2) is 42.5 Å². The summed E-state index contributed by atoms with van der Waals surface area (Å²) in [5.41, 5.74) is 7.76. The average molecular weight is 391 g/mol. The van der Waals surface area contributed by atoms with E-state index >= 15 is 0 Å². The van der Waals surface area contributed by atoms with Crippen LogP contribution in [0.3, 0.4) is 0 Å². The molecule has 1 aliphatic carbocycles. The Morgan fingerprint density at radius 1 is 0.621 bits per heavy atom. The third-order valence-corrected chi connectivity index (χ3v) is 6.87. The van der Waals surface area contributed by atoms with E-state index in [0.29, 0.717) is 0 Å². The minimum atomic E-state index is 0.748. The molecule has 2 aromatic carbocycles. The van der Waals surface area contributed by atoms with Crippen molar-refractivity contribution in [3.05, 3.63) is 59.2 Å². The largest absolute Gasteiger partial charge is 0.0654 e. The van der Waals surface area contributed by atoms with Crippen molar-refractivity contribution in [3.8, 4) is 11.1 Å². The number of fused-ring (bicyclic) bond motifs is 3. The zero-order valence-corrected chi connectivity index (χ0v) is 19.0. The lowest BCUT2D eigenvalue weighted by molar-refractivity contribution is 0.503. The summed E-state index contributed by atoms with van der Waals surface area (Å²) in [5.74, 6) is 0.748. The molecule has 0 aliphatic heterocycles. The maximum Gasteiger partial charge on any atom is -0.00106 e. The SMILES string of the molecule is CCCCCCCCCCCCC(CCC)c1cccc2c1Cc1ccccc1-2. The van der Waals surface area contributed by atoms with Crippen LogP contribution in [-0.4, -0.2) is 0 Å². The van der Waals surface area contributed by atoms with Gasteiger partial charge in [-0.15, -0.1) is 0 Å². The number of hydrogen-bond acceptors (Lipinski definition) is 0. The number of unbranched alkanes of at least 4 members (excludes halogenated alkanes) is 9. The van der Waals surface area contributed by atoms with Gasteiger partial charge in [-0.1, -0.05) is 127 Å². The molecular formula is C29H42. The molecule has 0 N–H and O–H groups in total. The molecule has 0 heterocycles. The summed E-state index contributed by atoms with van der Waals surface area (Å²) in [5, 5.41) is 0. The first kappa shape index (κ1) is 22.1. The second kappa shape index (κ2) is 12.2. The van der Waals surface area contributed by atoms with Crippen LogP contribution in [0.5, 0.6) is 0 Å². The molecule has 0 fully saturated rings. The minimum Gasteiger partial charge on any atom is -0.0654 e. The van der Waals surface area contributed by atoms with Crippen molar-refractivity contribution in [1.29, 1.82) is 0 Å². The number of benzene rings is 2.